The Labute approximate surface area is 140 Å². The summed E-state index contributed by atoms with van der Waals surface area (Å²) in [5, 5.41) is 14.3. The second-order valence-corrected chi connectivity index (χ2v) is 5.41. The lowest BCUT2D eigenvalue weighted by molar-refractivity contribution is -0.137. The highest BCUT2D eigenvalue weighted by molar-refractivity contribution is 5.88. The Hall–Kier alpha value is -2.96. The second kappa shape index (κ2) is 8.61. The van der Waals surface area contributed by atoms with Crippen LogP contribution in [0.2, 0.25) is 0 Å². The van der Waals surface area contributed by atoms with Gasteiger partial charge in [0, 0.05) is 18.7 Å². The normalized spacial score (nSPS) is 11.5. The number of nitrogens with zero attached hydrogens (tertiary/aromatic N) is 2. The highest BCUT2D eigenvalue weighted by Crippen LogP contribution is 2.09. The van der Waals surface area contributed by atoms with E-state index in [0.29, 0.717) is 24.5 Å². The number of benzene rings is 1. The predicted octanol–water partition coefficient (Wildman–Crippen LogP) is 2.38. The minimum absolute atomic E-state index is 0.00953. The van der Waals surface area contributed by atoms with Crippen LogP contribution in [0.15, 0.2) is 42.6 Å². The zero-order valence-electron chi connectivity index (χ0n) is 13.4. The first kappa shape index (κ1) is 17.4. The number of urea groups is 1. The van der Waals surface area contributed by atoms with Crippen LogP contribution in [0.5, 0.6) is 0 Å². The number of aryl methyl sites for hydroxylation is 1. The number of carbonyl (C=O) groups excluding carboxylic acids is 1. The summed E-state index contributed by atoms with van der Waals surface area (Å²) in [5.41, 5.74) is 1.03. The van der Waals surface area contributed by atoms with E-state index in [1.54, 1.807) is 19.2 Å². The van der Waals surface area contributed by atoms with Crippen LogP contribution in [0.1, 0.15) is 24.2 Å². The molecule has 7 heteroatoms. The SMILES string of the molecule is Cc1nccc(NC(=O)NC(CCC(=O)O)Cc2ccccc2)n1. The van der Waals surface area contributed by atoms with Crippen LogP contribution in [0.25, 0.3) is 0 Å². The van der Waals surface area contributed by atoms with Crippen molar-refractivity contribution in [2.75, 3.05) is 5.32 Å². The molecular weight excluding hydrogens is 308 g/mol. The van der Waals surface area contributed by atoms with Gasteiger partial charge in [-0.15, -0.1) is 0 Å². The number of amides is 2. The van der Waals surface area contributed by atoms with Gasteiger partial charge < -0.3 is 10.4 Å². The van der Waals surface area contributed by atoms with Crippen molar-refractivity contribution in [2.24, 2.45) is 0 Å². The van der Waals surface area contributed by atoms with E-state index in [2.05, 4.69) is 20.6 Å². The van der Waals surface area contributed by atoms with Crippen LogP contribution in [-0.4, -0.2) is 33.1 Å². The van der Waals surface area contributed by atoms with Gasteiger partial charge in [0.05, 0.1) is 0 Å². The van der Waals surface area contributed by atoms with E-state index in [0.717, 1.165) is 5.56 Å². The number of aromatic nitrogens is 2. The van der Waals surface area contributed by atoms with E-state index in [1.165, 1.54) is 0 Å². The van der Waals surface area contributed by atoms with Gasteiger partial charge in [0.25, 0.3) is 0 Å². The van der Waals surface area contributed by atoms with Crippen molar-refractivity contribution in [3.8, 4) is 0 Å². The Morgan fingerprint density at radius 2 is 1.96 bits per heavy atom. The van der Waals surface area contributed by atoms with Gasteiger partial charge in [-0.2, -0.15) is 0 Å². The third kappa shape index (κ3) is 6.04. The summed E-state index contributed by atoms with van der Waals surface area (Å²) < 4.78 is 0. The van der Waals surface area contributed by atoms with E-state index in [4.69, 9.17) is 5.11 Å². The topological polar surface area (TPSA) is 104 Å². The lowest BCUT2D eigenvalue weighted by atomic mass is 10.0. The van der Waals surface area contributed by atoms with Crippen LogP contribution >= 0.6 is 0 Å². The largest absolute Gasteiger partial charge is 0.481 e. The van der Waals surface area contributed by atoms with Crippen molar-refractivity contribution in [2.45, 2.75) is 32.2 Å². The molecule has 0 spiro atoms. The number of hydrogen-bond donors (Lipinski definition) is 3. The van der Waals surface area contributed by atoms with Crippen molar-refractivity contribution in [3.05, 3.63) is 54.0 Å². The standard InChI is InChI=1S/C17H20N4O3/c1-12-18-10-9-15(19-12)21-17(24)20-14(7-8-16(22)23)11-13-5-3-2-4-6-13/h2-6,9-10,14H,7-8,11H2,1H3,(H,22,23)(H2,18,19,20,21,24). The number of carbonyl (C=O) groups is 2. The summed E-state index contributed by atoms with van der Waals surface area (Å²) in [6.07, 6.45) is 2.46. The molecule has 2 aromatic rings. The molecule has 1 aromatic carbocycles. The molecule has 0 fully saturated rings. The number of anilines is 1. The first-order valence-corrected chi connectivity index (χ1v) is 7.66. The summed E-state index contributed by atoms with van der Waals surface area (Å²) >= 11 is 0. The van der Waals surface area contributed by atoms with Gasteiger partial charge in [-0.25, -0.2) is 14.8 Å². The maximum atomic E-state index is 12.1. The average molecular weight is 328 g/mol. The molecule has 126 valence electrons. The number of carboxylic acids is 1. The molecule has 1 aromatic heterocycles. The molecule has 0 aliphatic rings. The van der Waals surface area contributed by atoms with E-state index in [-0.39, 0.29) is 12.5 Å². The van der Waals surface area contributed by atoms with Gasteiger partial charge in [-0.05, 0) is 31.4 Å². The fourth-order valence-corrected chi connectivity index (χ4v) is 2.29. The number of rotatable bonds is 7. The van der Waals surface area contributed by atoms with E-state index >= 15 is 0 Å². The minimum atomic E-state index is -0.887. The van der Waals surface area contributed by atoms with Gasteiger partial charge in [0.15, 0.2) is 0 Å². The van der Waals surface area contributed by atoms with Crippen LogP contribution in [0.4, 0.5) is 10.6 Å². The fourth-order valence-electron chi connectivity index (χ4n) is 2.29. The van der Waals surface area contributed by atoms with Crippen LogP contribution in [0.3, 0.4) is 0 Å². The average Bonchev–Trinajstić information content (AvgIpc) is 2.53. The van der Waals surface area contributed by atoms with Gasteiger partial charge in [0.2, 0.25) is 0 Å². The number of aliphatic carboxylic acids is 1. The van der Waals surface area contributed by atoms with Crippen molar-refractivity contribution in [1.29, 1.82) is 0 Å². The zero-order valence-corrected chi connectivity index (χ0v) is 13.4. The molecular formula is C17H20N4O3. The Morgan fingerprint density at radius 1 is 1.21 bits per heavy atom. The van der Waals surface area contributed by atoms with Gasteiger partial charge in [-0.3, -0.25) is 10.1 Å². The Morgan fingerprint density at radius 3 is 2.62 bits per heavy atom. The predicted molar refractivity (Wildman–Crippen MR) is 89.7 cm³/mol. The minimum Gasteiger partial charge on any atom is -0.481 e. The second-order valence-electron chi connectivity index (χ2n) is 5.41. The molecule has 0 radical (unpaired) electrons. The molecule has 24 heavy (non-hydrogen) atoms. The summed E-state index contributed by atoms with van der Waals surface area (Å²) in [6, 6.07) is 10.5. The lowest BCUT2D eigenvalue weighted by Gasteiger charge is -2.18. The summed E-state index contributed by atoms with van der Waals surface area (Å²) in [4.78, 5) is 31.0. The van der Waals surface area contributed by atoms with E-state index in [1.807, 2.05) is 30.3 Å². The highest BCUT2D eigenvalue weighted by Gasteiger charge is 2.15. The van der Waals surface area contributed by atoms with Crippen LogP contribution in [-0.2, 0) is 11.2 Å². The number of hydrogen-bond acceptors (Lipinski definition) is 4. The highest BCUT2D eigenvalue weighted by atomic mass is 16.4. The lowest BCUT2D eigenvalue weighted by Crippen LogP contribution is -2.39. The Balaban J connectivity index is 1.98. The molecule has 1 atom stereocenters. The number of carboxylic acid groups (broad SMARTS) is 1. The zero-order chi connectivity index (χ0) is 17.4. The molecule has 3 N–H and O–H groups in total. The Kier molecular flexibility index (Phi) is 6.24. The molecule has 1 unspecified atom stereocenters. The molecule has 7 nitrogen and oxygen atoms in total. The maximum Gasteiger partial charge on any atom is 0.320 e. The molecule has 0 aliphatic heterocycles. The van der Waals surface area contributed by atoms with Crippen molar-refractivity contribution < 1.29 is 14.7 Å². The van der Waals surface area contributed by atoms with Crippen LogP contribution in [0, 0.1) is 6.92 Å². The molecule has 1 heterocycles. The third-order valence-electron chi connectivity index (χ3n) is 3.38. The maximum absolute atomic E-state index is 12.1. The first-order chi connectivity index (χ1) is 11.5. The molecule has 0 aliphatic carbocycles. The van der Waals surface area contributed by atoms with E-state index < -0.39 is 12.0 Å². The van der Waals surface area contributed by atoms with Crippen molar-refractivity contribution >= 4 is 17.8 Å². The summed E-state index contributed by atoms with van der Waals surface area (Å²) in [5.74, 6) is 0.0675. The van der Waals surface area contributed by atoms with Gasteiger partial charge in [-0.1, -0.05) is 30.3 Å². The van der Waals surface area contributed by atoms with Gasteiger partial charge >= 0.3 is 12.0 Å². The quantitative estimate of drug-likeness (QED) is 0.724. The molecule has 2 amide bonds. The van der Waals surface area contributed by atoms with Crippen molar-refractivity contribution in [1.82, 2.24) is 15.3 Å². The molecule has 0 saturated heterocycles. The first-order valence-electron chi connectivity index (χ1n) is 7.66. The molecule has 0 saturated carbocycles. The number of nitrogens with one attached hydrogen (secondary N) is 2. The monoisotopic (exact) mass is 328 g/mol. The Bertz CT molecular complexity index is 691. The fraction of sp³-hybridized carbons (Fsp3) is 0.294. The van der Waals surface area contributed by atoms with E-state index in [9.17, 15) is 9.59 Å². The molecule has 2 rings (SSSR count). The molecule has 0 bridgehead atoms. The third-order valence-corrected chi connectivity index (χ3v) is 3.38. The smallest absolute Gasteiger partial charge is 0.320 e. The summed E-state index contributed by atoms with van der Waals surface area (Å²) in [7, 11) is 0. The van der Waals surface area contributed by atoms with Gasteiger partial charge in [0.1, 0.15) is 11.6 Å². The van der Waals surface area contributed by atoms with Crippen LogP contribution < -0.4 is 10.6 Å². The van der Waals surface area contributed by atoms with Crippen molar-refractivity contribution in [3.63, 3.8) is 0 Å². The summed E-state index contributed by atoms with van der Waals surface area (Å²) in [6.45, 7) is 1.73.